The number of likely N-dealkylation sites (tertiary alicyclic amines) is 1. The molecule has 4 nitrogen and oxygen atoms in total. The van der Waals surface area contributed by atoms with Crippen molar-refractivity contribution in [1.29, 1.82) is 0 Å². The van der Waals surface area contributed by atoms with E-state index >= 15 is 0 Å². The second kappa shape index (κ2) is 6.07. The van der Waals surface area contributed by atoms with Gasteiger partial charge < -0.3 is 9.64 Å². The van der Waals surface area contributed by atoms with E-state index in [0.717, 1.165) is 19.3 Å². The van der Waals surface area contributed by atoms with E-state index in [0.29, 0.717) is 13.0 Å². The summed E-state index contributed by atoms with van der Waals surface area (Å²) in [6, 6.07) is 0. The third kappa shape index (κ3) is 4.03. The largest absolute Gasteiger partial charge is 0.451 e. The molecule has 1 fully saturated rings. The smallest absolute Gasteiger partial charge is 0.326 e. The van der Waals surface area contributed by atoms with E-state index in [-0.39, 0.29) is 19.1 Å². The van der Waals surface area contributed by atoms with Crippen molar-refractivity contribution < 1.29 is 14.3 Å². The molecule has 1 aliphatic heterocycles. The van der Waals surface area contributed by atoms with Gasteiger partial charge in [0.2, 0.25) is 5.91 Å². The van der Waals surface area contributed by atoms with E-state index in [1.165, 1.54) is 0 Å². The van der Waals surface area contributed by atoms with Gasteiger partial charge in [-0.2, -0.15) is 0 Å². The van der Waals surface area contributed by atoms with E-state index in [9.17, 15) is 9.59 Å². The molecule has 1 heterocycles. The average molecular weight is 209 g/mol. The zero-order valence-corrected chi connectivity index (χ0v) is 8.70. The zero-order chi connectivity index (χ0) is 11.1. The summed E-state index contributed by atoms with van der Waals surface area (Å²) in [5.74, 6) is 1.82. The third-order valence-corrected chi connectivity index (χ3v) is 2.31. The molecule has 1 aliphatic rings. The fourth-order valence-electron chi connectivity index (χ4n) is 1.53. The van der Waals surface area contributed by atoms with E-state index in [1.54, 1.807) is 4.90 Å². The van der Waals surface area contributed by atoms with Crippen molar-refractivity contribution in [3.05, 3.63) is 0 Å². The molecule has 1 saturated heterocycles. The number of esters is 1. The average Bonchev–Trinajstić information content (AvgIpc) is 2.42. The van der Waals surface area contributed by atoms with Crippen LogP contribution in [0.2, 0.25) is 0 Å². The number of carbonyl (C=O) groups excluding carboxylic acids is 2. The predicted molar refractivity (Wildman–Crippen MR) is 54.8 cm³/mol. The van der Waals surface area contributed by atoms with Crippen LogP contribution >= 0.6 is 0 Å². The second-order valence-electron chi connectivity index (χ2n) is 3.49. The maximum Gasteiger partial charge on any atom is 0.326 e. The second-order valence-corrected chi connectivity index (χ2v) is 3.49. The Bertz CT molecular complexity index is 280. The van der Waals surface area contributed by atoms with Gasteiger partial charge in [-0.25, -0.2) is 0 Å². The fraction of sp³-hybridized carbons (Fsp3) is 0.636. The lowest BCUT2D eigenvalue weighted by atomic mass is 10.2. The van der Waals surface area contributed by atoms with E-state index in [2.05, 4.69) is 5.92 Å². The van der Waals surface area contributed by atoms with Crippen molar-refractivity contribution in [2.24, 2.45) is 0 Å². The predicted octanol–water partition coefficient (Wildman–Crippen LogP) is 0.565. The molecule has 0 aromatic heterocycles. The fourth-order valence-corrected chi connectivity index (χ4v) is 1.53. The Hall–Kier alpha value is -1.50. The van der Waals surface area contributed by atoms with E-state index in [1.807, 2.05) is 0 Å². The maximum atomic E-state index is 11.5. The summed E-state index contributed by atoms with van der Waals surface area (Å²) in [5.41, 5.74) is 0. The van der Waals surface area contributed by atoms with Gasteiger partial charge in [-0.15, -0.1) is 6.42 Å². The lowest BCUT2D eigenvalue weighted by Gasteiger charge is -2.18. The molecular weight excluding hydrogens is 194 g/mol. The molecule has 0 unspecified atom stereocenters. The zero-order valence-electron chi connectivity index (χ0n) is 8.70. The van der Waals surface area contributed by atoms with Gasteiger partial charge in [0.05, 0.1) is 0 Å². The summed E-state index contributed by atoms with van der Waals surface area (Å²) in [6.45, 7) is 0.644. The minimum atomic E-state index is -0.428. The normalized spacial score (nSPS) is 16.7. The Morgan fingerprint density at radius 1 is 1.47 bits per heavy atom. The molecule has 15 heavy (non-hydrogen) atoms. The van der Waals surface area contributed by atoms with Crippen LogP contribution in [0.3, 0.4) is 0 Å². The third-order valence-electron chi connectivity index (χ3n) is 2.31. The first-order chi connectivity index (χ1) is 7.24. The van der Waals surface area contributed by atoms with Crippen LogP contribution < -0.4 is 0 Å². The standard InChI is InChI=1S/C11H15NO3/c1-2-8-15-11(14)9-12-7-5-3-4-6-10(12)13/h1H,3-9H2. The minimum Gasteiger partial charge on any atom is -0.451 e. The van der Waals surface area contributed by atoms with Crippen LogP contribution in [0.25, 0.3) is 0 Å². The maximum absolute atomic E-state index is 11.5. The summed E-state index contributed by atoms with van der Waals surface area (Å²) in [5, 5.41) is 0. The Kier molecular flexibility index (Phi) is 4.69. The summed E-state index contributed by atoms with van der Waals surface area (Å²) in [6.07, 6.45) is 8.39. The first kappa shape index (κ1) is 11.6. The van der Waals surface area contributed by atoms with Crippen molar-refractivity contribution in [2.45, 2.75) is 25.7 Å². The van der Waals surface area contributed by atoms with Crippen LogP contribution in [0.5, 0.6) is 0 Å². The van der Waals surface area contributed by atoms with Gasteiger partial charge in [0.25, 0.3) is 0 Å². The molecule has 1 rings (SSSR count). The monoisotopic (exact) mass is 209 g/mol. The van der Waals surface area contributed by atoms with Crippen LogP contribution in [0.1, 0.15) is 25.7 Å². The number of nitrogens with zero attached hydrogens (tertiary/aromatic N) is 1. The molecule has 0 spiro atoms. The topological polar surface area (TPSA) is 46.6 Å². The molecule has 0 aliphatic carbocycles. The molecule has 0 N–H and O–H groups in total. The number of hydrogen-bond acceptors (Lipinski definition) is 3. The van der Waals surface area contributed by atoms with Gasteiger partial charge >= 0.3 is 5.97 Å². The molecule has 0 aromatic rings. The first-order valence-corrected chi connectivity index (χ1v) is 5.11. The van der Waals surface area contributed by atoms with Crippen molar-refractivity contribution >= 4 is 11.9 Å². The number of rotatable bonds is 3. The van der Waals surface area contributed by atoms with Gasteiger partial charge in [-0.05, 0) is 12.8 Å². The van der Waals surface area contributed by atoms with Gasteiger partial charge in [0.1, 0.15) is 6.54 Å². The highest BCUT2D eigenvalue weighted by molar-refractivity contribution is 5.82. The number of ether oxygens (including phenoxy) is 1. The van der Waals surface area contributed by atoms with Crippen LogP contribution in [0.4, 0.5) is 0 Å². The number of terminal acetylenes is 1. The van der Waals surface area contributed by atoms with Crippen LogP contribution in [-0.4, -0.2) is 36.5 Å². The van der Waals surface area contributed by atoms with E-state index < -0.39 is 5.97 Å². The first-order valence-electron chi connectivity index (χ1n) is 5.11. The van der Waals surface area contributed by atoms with Gasteiger partial charge in [-0.3, -0.25) is 9.59 Å². The van der Waals surface area contributed by atoms with Crippen LogP contribution in [0.15, 0.2) is 0 Å². The quantitative estimate of drug-likeness (QED) is 0.504. The lowest BCUT2D eigenvalue weighted by molar-refractivity contribution is -0.148. The van der Waals surface area contributed by atoms with Crippen LogP contribution in [0, 0.1) is 12.3 Å². The Labute approximate surface area is 89.6 Å². The molecule has 0 aromatic carbocycles. The molecule has 0 saturated carbocycles. The molecular formula is C11H15NO3. The highest BCUT2D eigenvalue weighted by Gasteiger charge is 2.19. The Balaban J connectivity index is 2.38. The van der Waals surface area contributed by atoms with Crippen molar-refractivity contribution in [3.8, 4) is 12.3 Å². The Morgan fingerprint density at radius 3 is 3.00 bits per heavy atom. The molecule has 0 radical (unpaired) electrons. The number of amides is 1. The van der Waals surface area contributed by atoms with Crippen molar-refractivity contribution in [1.82, 2.24) is 4.90 Å². The summed E-state index contributed by atoms with van der Waals surface area (Å²) >= 11 is 0. The molecule has 0 bridgehead atoms. The van der Waals surface area contributed by atoms with Gasteiger partial charge in [0, 0.05) is 13.0 Å². The van der Waals surface area contributed by atoms with Gasteiger partial charge in [0.15, 0.2) is 6.61 Å². The van der Waals surface area contributed by atoms with Crippen molar-refractivity contribution in [3.63, 3.8) is 0 Å². The number of carbonyl (C=O) groups is 2. The van der Waals surface area contributed by atoms with Crippen LogP contribution in [-0.2, 0) is 14.3 Å². The van der Waals surface area contributed by atoms with Gasteiger partial charge in [-0.1, -0.05) is 12.3 Å². The molecule has 1 amide bonds. The lowest BCUT2D eigenvalue weighted by Crippen LogP contribution is -2.36. The van der Waals surface area contributed by atoms with Crippen molar-refractivity contribution in [2.75, 3.05) is 19.7 Å². The number of hydrogen-bond donors (Lipinski definition) is 0. The summed E-state index contributed by atoms with van der Waals surface area (Å²) < 4.78 is 4.71. The highest BCUT2D eigenvalue weighted by atomic mass is 16.5. The summed E-state index contributed by atoms with van der Waals surface area (Å²) in [4.78, 5) is 24.3. The molecule has 4 heteroatoms. The minimum absolute atomic E-state index is 0.0269. The summed E-state index contributed by atoms with van der Waals surface area (Å²) in [7, 11) is 0. The molecule has 0 atom stereocenters. The SMILES string of the molecule is C#CCOC(=O)CN1CCCCCC1=O. The Morgan fingerprint density at radius 2 is 2.27 bits per heavy atom. The highest BCUT2D eigenvalue weighted by Crippen LogP contribution is 2.10. The van der Waals surface area contributed by atoms with E-state index in [4.69, 9.17) is 11.2 Å². The molecule has 82 valence electrons.